The molecular formula is C10H12FN3O. The van der Waals surface area contributed by atoms with Crippen molar-refractivity contribution in [3.05, 3.63) is 35.7 Å². The second-order valence-electron chi connectivity index (χ2n) is 2.82. The molecule has 1 rings (SSSR count). The molecule has 0 heterocycles. The van der Waals surface area contributed by atoms with Gasteiger partial charge in [0.05, 0.1) is 5.69 Å². The molecular weight excluding hydrogens is 197 g/mol. The number of hydrogen-bond acceptors (Lipinski definition) is 3. The van der Waals surface area contributed by atoms with Crippen LogP contribution >= 0.6 is 0 Å². The number of halogens is 1. The number of rotatable bonds is 3. The summed E-state index contributed by atoms with van der Waals surface area (Å²) in [5.41, 5.74) is 6.61. The van der Waals surface area contributed by atoms with Gasteiger partial charge in [0, 0.05) is 18.2 Å². The quantitative estimate of drug-likeness (QED) is 0.306. The topological polar surface area (TPSA) is 70.6 Å². The first-order chi connectivity index (χ1) is 7.15. The van der Waals surface area contributed by atoms with Crippen LogP contribution in [0, 0.1) is 5.82 Å². The van der Waals surface area contributed by atoms with Gasteiger partial charge in [-0.1, -0.05) is 17.8 Å². The van der Waals surface area contributed by atoms with Crippen molar-refractivity contribution in [2.45, 2.75) is 0 Å². The number of hydrogen-bond donors (Lipinski definition) is 3. The van der Waals surface area contributed by atoms with Crippen LogP contribution in [0.5, 0.6) is 0 Å². The fraction of sp³-hybridized carbons (Fsp3) is 0.100. The van der Waals surface area contributed by atoms with E-state index in [1.807, 2.05) is 0 Å². The Morgan fingerprint density at radius 3 is 2.80 bits per heavy atom. The summed E-state index contributed by atoms with van der Waals surface area (Å²) in [6.07, 6.45) is 1.37. The van der Waals surface area contributed by atoms with Gasteiger partial charge in [-0.15, -0.1) is 0 Å². The highest BCUT2D eigenvalue weighted by Gasteiger charge is 2.12. The van der Waals surface area contributed by atoms with Crippen molar-refractivity contribution in [3.63, 3.8) is 0 Å². The van der Waals surface area contributed by atoms with Crippen LogP contribution in [-0.2, 0) is 0 Å². The maximum absolute atomic E-state index is 13.3. The van der Waals surface area contributed by atoms with E-state index < -0.39 is 5.82 Å². The second kappa shape index (κ2) is 4.45. The third kappa shape index (κ3) is 1.90. The second-order valence-corrected chi connectivity index (χ2v) is 2.82. The molecule has 0 amide bonds. The van der Waals surface area contributed by atoms with Crippen molar-refractivity contribution in [1.29, 1.82) is 0 Å². The molecule has 0 atom stereocenters. The molecule has 0 radical (unpaired) electrons. The van der Waals surface area contributed by atoms with Crippen molar-refractivity contribution < 1.29 is 9.60 Å². The molecule has 4 nitrogen and oxygen atoms in total. The maximum Gasteiger partial charge on any atom is 0.172 e. The lowest BCUT2D eigenvalue weighted by molar-refractivity contribution is 0.318. The Kier molecular flexibility index (Phi) is 3.28. The highest BCUT2D eigenvalue weighted by Crippen LogP contribution is 2.24. The number of oxime groups is 1. The van der Waals surface area contributed by atoms with Crippen LogP contribution in [0.1, 0.15) is 11.1 Å². The van der Waals surface area contributed by atoms with Gasteiger partial charge in [-0.2, -0.15) is 0 Å². The number of nitrogens with zero attached hydrogens (tertiary/aromatic N) is 1. The van der Waals surface area contributed by atoms with E-state index in [2.05, 4.69) is 17.1 Å². The van der Waals surface area contributed by atoms with E-state index in [0.717, 1.165) is 0 Å². The van der Waals surface area contributed by atoms with Crippen LogP contribution in [0.3, 0.4) is 0 Å². The summed E-state index contributed by atoms with van der Waals surface area (Å²) < 4.78 is 13.3. The van der Waals surface area contributed by atoms with Crippen molar-refractivity contribution in [2.24, 2.45) is 10.9 Å². The van der Waals surface area contributed by atoms with Crippen LogP contribution in [-0.4, -0.2) is 18.1 Å². The molecule has 0 aliphatic heterocycles. The number of nitrogens with two attached hydrogens (primary N) is 1. The van der Waals surface area contributed by atoms with E-state index in [-0.39, 0.29) is 5.84 Å². The smallest absolute Gasteiger partial charge is 0.172 e. The molecule has 0 spiro atoms. The number of benzene rings is 1. The van der Waals surface area contributed by atoms with Crippen molar-refractivity contribution >= 4 is 17.6 Å². The number of anilines is 1. The Morgan fingerprint density at radius 2 is 2.33 bits per heavy atom. The van der Waals surface area contributed by atoms with Crippen LogP contribution in [0.15, 0.2) is 23.9 Å². The van der Waals surface area contributed by atoms with E-state index >= 15 is 0 Å². The zero-order chi connectivity index (χ0) is 11.4. The first-order valence-electron chi connectivity index (χ1n) is 4.26. The van der Waals surface area contributed by atoms with Gasteiger partial charge in [0.1, 0.15) is 5.82 Å². The molecule has 0 aliphatic carbocycles. The summed E-state index contributed by atoms with van der Waals surface area (Å²) in [6, 6.07) is 2.68. The largest absolute Gasteiger partial charge is 0.409 e. The Bertz CT molecular complexity index is 415. The van der Waals surface area contributed by atoms with Crippen molar-refractivity contribution in [3.8, 4) is 0 Å². The van der Waals surface area contributed by atoms with Crippen molar-refractivity contribution in [2.75, 3.05) is 12.4 Å². The molecule has 0 saturated heterocycles. The molecule has 80 valence electrons. The molecule has 15 heavy (non-hydrogen) atoms. The molecule has 0 bridgehead atoms. The highest BCUT2D eigenvalue weighted by molar-refractivity contribution is 6.03. The van der Waals surface area contributed by atoms with Gasteiger partial charge in [0.25, 0.3) is 0 Å². The SMILES string of the molecule is C=Cc1c(F)ccc(/C(N)=N/O)c1NC. The molecule has 0 fully saturated rings. The highest BCUT2D eigenvalue weighted by atomic mass is 19.1. The van der Waals surface area contributed by atoms with E-state index in [1.165, 1.54) is 18.2 Å². The van der Waals surface area contributed by atoms with Gasteiger partial charge < -0.3 is 16.3 Å². The monoisotopic (exact) mass is 209 g/mol. The Balaban J connectivity index is 3.48. The minimum absolute atomic E-state index is 0.0811. The average Bonchev–Trinajstić information content (AvgIpc) is 2.27. The lowest BCUT2D eigenvalue weighted by Gasteiger charge is -2.11. The lowest BCUT2D eigenvalue weighted by Crippen LogP contribution is -2.16. The Morgan fingerprint density at radius 1 is 1.67 bits per heavy atom. The fourth-order valence-corrected chi connectivity index (χ4v) is 1.33. The van der Waals surface area contributed by atoms with Gasteiger partial charge in [-0.05, 0) is 12.1 Å². The van der Waals surface area contributed by atoms with E-state index in [4.69, 9.17) is 10.9 Å². The summed E-state index contributed by atoms with van der Waals surface area (Å²) in [4.78, 5) is 0. The van der Waals surface area contributed by atoms with Crippen LogP contribution in [0.25, 0.3) is 6.08 Å². The average molecular weight is 209 g/mol. The maximum atomic E-state index is 13.3. The first-order valence-corrected chi connectivity index (χ1v) is 4.26. The summed E-state index contributed by atoms with van der Waals surface area (Å²) in [6.45, 7) is 3.50. The summed E-state index contributed by atoms with van der Waals surface area (Å²) in [5, 5.41) is 14.2. The third-order valence-electron chi connectivity index (χ3n) is 2.03. The Hall–Kier alpha value is -2.04. The molecule has 1 aromatic rings. The van der Waals surface area contributed by atoms with Crippen molar-refractivity contribution in [1.82, 2.24) is 0 Å². The molecule has 0 saturated carbocycles. The van der Waals surface area contributed by atoms with Gasteiger partial charge >= 0.3 is 0 Å². The minimum atomic E-state index is -0.413. The van der Waals surface area contributed by atoms with Crippen LogP contribution in [0.2, 0.25) is 0 Å². The molecule has 1 aromatic carbocycles. The summed E-state index contributed by atoms with van der Waals surface area (Å²) in [5.74, 6) is -0.494. The molecule has 4 N–H and O–H groups in total. The normalized spacial score (nSPS) is 11.2. The van der Waals surface area contributed by atoms with Gasteiger partial charge in [0.15, 0.2) is 5.84 Å². The number of amidine groups is 1. The first kappa shape index (κ1) is 11.0. The number of nitrogens with one attached hydrogen (secondary N) is 1. The third-order valence-corrected chi connectivity index (χ3v) is 2.03. The molecule has 0 unspecified atom stereocenters. The van der Waals surface area contributed by atoms with Crippen LogP contribution < -0.4 is 11.1 Å². The lowest BCUT2D eigenvalue weighted by atomic mass is 10.1. The standard InChI is InChI=1S/C10H12FN3O/c1-3-6-8(11)5-4-7(9(6)13-2)10(12)14-15/h3-5,13,15H,1H2,2H3,(H2,12,14). The predicted molar refractivity (Wildman–Crippen MR) is 58.5 cm³/mol. The zero-order valence-electron chi connectivity index (χ0n) is 8.29. The van der Waals surface area contributed by atoms with Crippen LogP contribution in [0.4, 0.5) is 10.1 Å². The molecule has 0 aliphatic rings. The molecule has 5 heteroatoms. The minimum Gasteiger partial charge on any atom is -0.409 e. The van der Waals surface area contributed by atoms with E-state index in [1.54, 1.807) is 7.05 Å². The Labute approximate surface area is 86.9 Å². The van der Waals surface area contributed by atoms with Gasteiger partial charge in [0.2, 0.25) is 0 Å². The summed E-state index contributed by atoms with van der Waals surface area (Å²) >= 11 is 0. The zero-order valence-corrected chi connectivity index (χ0v) is 8.29. The van der Waals surface area contributed by atoms with E-state index in [0.29, 0.717) is 16.8 Å². The summed E-state index contributed by atoms with van der Waals surface area (Å²) in [7, 11) is 1.62. The van der Waals surface area contributed by atoms with Gasteiger partial charge in [-0.25, -0.2) is 4.39 Å². The van der Waals surface area contributed by atoms with E-state index in [9.17, 15) is 4.39 Å². The van der Waals surface area contributed by atoms with Gasteiger partial charge in [-0.3, -0.25) is 0 Å². The fourth-order valence-electron chi connectivity index (χ4n) is 1.33. The molecule has 0 aromatic heterocycles. The predicted octanol–water partition coefficient (Wildman–Crippen LogP) is 1.60.